The summed E-state index contributed by atoms with van der Waals surface area (Å²) in [6.45, 7) is 0.749. The Kier molecular flexibility index (Phi) is 3.73. The van der Waals surface area contributed by atoms with Gasteiger partial charge in [-0.2, -0.15) is 4.98 Å². The van der Waals surface area contributed by atoms with Crippen LogP contribution in [0, 0.1) is 0 Å². The number of aromatic nitrogens is 2. The molecule has 1 saturated heterocycles. The molecule has 0 unspecified atom stereocenters. The molecule has 1 aromatic carbocycles. The normalized spacial score (nSPS) is 18.9. The minimum atomic E-state index is -0.0667. The zero-order valence-corrected chi connectivity index (χ0v) is 11.6. The fourth-order valence-electron chi connectivity index (χ4n) is 2.10. The lowest BCUT2D eigenvalue weighted by Crippen LogP contribution is -1.97. The first-order chi connectivity index (χ1) is 9.24. The van der Waals surface area contributed by atoms with Crippen molar-refractivity contribution >= 4 is 23.2 Å². The van der Waals surface area contributed by atoms with Crippen LogP contribution >= 0.6 is 23.2 Å². The summed E-state index contributed by atoms with van der Waals surface area (Å²) in [6, 6.07) is 5.40. The molecule has 1 aromatic heterocycles. The molecule has 0 bridgehead atoms. The molecule has 1 aliphatic heterocycles. The molecule has 100 valence electrons. The number of rotatable bonds is 3. The summed E-state index contributed by atoms with van der Waals surface area (Å²) in [6.07, 6.45) is 2.34. The molecule has 2 heterocycles. The number of hydrogen-bond donors (Lipinski definition) is 0. The Labute approximate surface area is 120 Å². The van der Waals surface area contributed by atoms with Gasteiger partial charge in [0.15, 0.2) is 5.82 Å². The quantitative estimate of drug-likeness (QED) is 0.864. The molecule has 3 rings (SSSR count). The van der Waals surface area contributed by atoms with Crippen LogP contribution in [0.5, 0.6) is 0 Å². The van der Waals surface area contributed by atoms with Crippen molar-refractivity contribution in [2.24, 2.45) is 0 Å². The van der Waals surface area contributed by atoms with Gasteiger partial charge in [0.05, 0.1) is 0 Å². The van der Waals surface area contributed by atoms with Crippen LogP contribution in [0.2, 0.25) is 10.0 Å². The molecule has 6 heteroatoms. The highest BCUT2D eigenvalue weighted by Crippen LogP contribution is 2.29. The minimum absolute atomic E-state index is 0.0667. The molecule has 4 nitrogen and oxygen atoms in total. The minimum Gasteiger partial charge on any atom is -0.368 e. The highest BCUT2D eigenvalue weighted by atomic mass is 35.5. The Morgan fingerprint density at radius 2 is 2.05 bits per heavy atom. The lowest BCUT2D eigenvalue weighted by Gasteiger charge is -2.03. The van der Waals surface area contributed by atoms with Crippen LogP contribution in [0.25, 0.3) is 0 Å². The van der Waals surface area contributed by atoms with E-state index in [1.54, 1.807) is 12.1 Å². The number of hydrogen-bond acceptors (Lipinski definition) is 4. The van der Waals surface area contributed by atoms with E-state index in [4.69, 9.17) is 32.5 Å². The highest BCUT2D eigenvalue weighted by Gasteiger charge is 2.24. The Hall–Kier alpha value is -1.10. The van der Waals surface area contributed by atoms with Crippen molar-refractivity contribution in [2.45, 2.75) is 25.4 Å². The Morgan fingerprint density at radius 3 is 2.74 bits per heavy atom. The largest absolute Gasteiger partial charge is 0.368 e. The molecule has 0 radical (unpaired) electrons. The van der Waals surface area contributed by atoms with Gasteiger partial charge in [0.25, 0.3) is 5.89 Å². The Morgan fingerprint density at radius 1 is 1.26 bits per heavy atom. The summed E-state index contributed by atoms with van der Waals surface area (Å²) < 4.78 is 10.7. The highest BCUT2D eigenvalue weighted by molar-refractivity contribution is 6.36. The second-order valence-electron chi connectivity index (χ2n) is 4.43. The summed E-state index contributed by atoms with van der Waals surface area (Å²) in [5.41, 5.74) is 0.811. The molecular weight excluding hydrogens is 287 g/mol. The standard InChI is InChI=1S/C13H12Cl2N2O2/c14-9-3-1-4-10(15)8(9)7-12-16-13(19-17-12)11-5-2-6-18-11/h1,3-4,11H,2,5-7H2/t11-/m0/s1. The van der Waals surface area contributed by atoms with Crippen molar-refractivity contribution in [3.05, 3.63) is 45.5 Å². The molecule has 0 saturated carbocycles. The molecular formula is C13H12Cl2N2O2. The van der Waals surface area contributed by atoms with E-state index in [0.717, 1.165) is 25.0 Å². The zero-order valence-electron chi connectivity index (χ0n) is 10.1. The van der Waals surface area contributed by atoms with E-state index in [9.17, 15) is 0 Å². The van der Waals surface area contributed by atoms with Gasteiger partial charge in [-0.05, 0) is 30.5 Å². The maximum absolute atomic E-state index is 6.12. The van der Waals surface area contributed by atoms with E-state index >= 15 is 0 Å². The van der Waals surface area contributed by atoms with Crippen LogP contribution in [-0.2, 0) is 11.2 Å². The van der Waals surface area contributed by atoms with E-state index in [2.05, 4.69) is 10.1 Å². The maximum atomic E-state index is 6.12. The van der Waals surface area contributed by atoms with E-state index < -0.39 is 0 Å². The monoisotopic (exact) mass is 298 g/mol. The van der Waals surface area contributed by atoms with E-state index in [-0.39, 0.29) is 6.10 Å². The van der Waals surface area contributed by atoms with Crippen LogP contribution < -0.4 is 0 Å². The lowest BCUT2D eigenvalue weighted by molar-refractivity contribution is 0.0835. The summed E-state index contributed by atoms with van der Waals surface area (Å²) in [5.74, 6) is 1.11. The smallest absolute Gasteiger partial charge is 0.255 e. The third kappa shape index (κ3) is 2.76. The zero-order chi connectivity index (χ0) is 13.2. The van der Waals surface area contributed by atoms with Gasteiger partial charge in [-0.15, -0.1) is 0 Å². The predicted octanol–water partition coefficient (Wildman–Crippen LogP) is 3.82. The van der Waals surface area contributed by atoms with Gasteiger partial charge in [-0.25, -0.2) is 0 Å². The summed E-state index contributed by atoms with van der Waals surface area (Å²) in [7, 11) is 0. The molecule has 0 amide bonds. The third-order valence-electron chi connectivity index (χ3n) is 3.09. The van der Waals surface area contributed by atoms with E-state index in [0.29, 0.717) is 28.2 Å². The van der Waals surface area contributed by atoms with Gasteiger partial charge >= 0.3 is 0 Å². The molecule has 19 heavy (non-hydrogen) atoms. The Bertz CT molecular complexity index is 560. The van der Waals surface area contributed by atoms with Gasteiger partial charge in [0.1, 0.15) is 6.10 Å². The molecule has 0 aliphatic carbocycles. The number of nitrogens with zero attached hydrogens (tertiary/aromatic N) is 2. The van der Waals surface area contributed by atoms with Crippen molar-refractivity contribution in [3.8, 4) is 0 Å². The topological polar surface area (TPSA) is 48.2 Å². The number of benzene rings is 1. The van der Waals surface area contributed by atoms with Crippen LogP contribution in [0.15, 0.2) is 22.7 Å². The molecule has 2 aromatic rings. The Balaban J connectivity index is 1.80. The molecule has 1 fully saturated rings. The van der Waals surface area contributed by atoms with Crippen LogP contribution in [0.4, 0.5) is 0 Å². The molecule has 1 aliphatic rings. The second-order valence-corrected chi connectivity index (χ2v) is 5.24. The average molecular weight is 299 g/mol. The van der Waals surface area contributed by atoms with E-state index in [1.165, 1.54) is 0 Å². The van der Waals surface area contributed by atoms with Crippen molar-refractivity contribution in [2.75, 3.05) is 6.61 Å². The van der Waals surface area contributed by atoms with Crippen molar-refractivity contribution in [1.29, 1.82) is 0 Å². The summed E-state index contributed by atoms with van der Waals surface area (Å²) >= 11 is 12.2. The average Bonchev–Trinajstić information content (AvgIpc) is 3.04. The number of halogens is 2. The van der Waals surface area contributed by atoms with Crippen LogP contribution in [0.3, 0.4) is 0 Å². The first-order valence-electron chi connectivity index (χ1n) is 6.11. The number of ether oxygens (including phenoxy) is 1. The van der Waals surface area contributed by atoms with Crippen molar-refractivity contribution in [1.82, 2.24) is 10.1 Å². The van der Waals surface area contributed by atoms with Crippen LogP contribution in [-0.4, -0.2) is 16.7 Å². The maximum Gasteiger partial charge on any atom is 0.255 e. The second kappa shape index (κ2) is 5.49. The van der Waals surface area contributed by atoms with Crippen molar-refractivity contribution in [3.63, 3.8) is 0 Å². The predicted molar refractivity (Wildman–Crippen MR) is 71.5 cm³/mol. The third-order valence-corrected chi connectivity index (χ3v) is 3.79. The van der Waals surface area contributed by atoms with Gasteiger partial charge in [-0.1, -0.05) is 34.4 Å². The molecule has 1 atom stereocenters. The fraction of sp³-hybridized carbons (Fsp3) is 0.385. The van der Waals surface area contributed by atoms with Gasteiger partial charge in [-0.3, -0.25) is 0 Å². The van der Waals surface area contributed by atoms with Gasteiger partial charge in [0, 0.05) is 23.1 Å². The first-order valence-corrected chi connectivity index (χ1v) is 6.86. The molecule has 0 spiro atoms. The van der Waals surface area contributed by atoms with Gasteiger partial charge < -0.3 is 9.26 Å². The summed E-state index contributed by atoms with van der Waals surface area (Å²) in [5, 5.41) is 5.17. The van der Waals surface area contributed by atoms with E-state index in [1.807, 2.05) is 6.07 Å². The van der Waals surface area contributed by atoms with Crippen molar-refractivity contribution < 1.29 is 9.26 Å². The fourth-order valence-corrected chi connectivity index (χ4v) is 2.63. The SMILES string of the molecule is Clc1cccc(Cl)c1Cc1noc([C@@H]2CCCO2)n1. The van der Waals surface area contributed by atoms with Crippen LogP contribution in [0.1, 0.15) is 36.2 Å². The van der Waals surface area contributed by atoms with Gasteiger partial charge in [0.2, 0.25) is 0 Å². The first kappa shape index (κ1) is 12.9. The lowest BCUT2D eigenvalue weighted by atomic mass is 10.1. The molecule has 0 N–H and O–H groups in total. The summed E-state index contributed by atoms with van der Waals surface area (Å²) in [4.78, 5) is 4.35.